The quantitative estimate of drug-likeness (QED) is 0.329. The molecular formula is C16H31N5. The number of nitrogen functional groups attached to an aromatic ring is 1. The van der Waals surface area contributed by atoms with Crippen molar-refractivity contribution in [1.29, 1.82) is 0 Å². The van der Waals surface area contributed by atoms with E-state index in [1.54, 1.807) is 0 Å². The van der Waals surface area contributed by atoms with Crippen LogP contribution in [-0.4, -0.2) is 16.5 Å². The summed E-state index contributed by atoms with van der Waals surface area (Å²) in [6.07, 6.45) is 9.70. The third kappa shape index (κ3) is 6.29. The van der Waals surface area contributed by atoms with E-state index in [0.29, 0.717) is 0 Å². The first-order valence-corrected chi connectivity index (χ1v) is 8.30. The first kappa shape index (κ1) is 17.7. The molecule has 0 fully saturated rings. The SMILES string of the molecule is CCCCCCCCNc1nc(CCC)nc(NN)c1C. The molecule has 0 amide bonds. The van der Waals surface area contributed by atoms with Gasteiger partial charge in [-0.1, -0.05) is 46.0 Å². The average molecular weight is 293 g/mol. The Bertz CT molecular complexity index is 406. The number of unbranched alkanes of at least 4 members (excludes halogenated alkanes) is 5. The van der Waals surface area contributed by atoms with Crippen molar-refractivity contribution in [1.82, 2.24) is 9.97 Å². The maximum atomic E-state index is 5.54. The van der Waals surface area contributed by atoms with Gasteiger partial charge in [-0.25, -0.2) is 15.8 Å². The summed E-state index contributed by atoms with van der Waals surface area (Å²) in [4.78, 5) is 9.03. The van der Waals surface area contributed by atoms with Crippen LogP contribution in [0.4, 0.5) is 11.6 Å². The number of hydrogen-bond donors (Lipinski definition) is 3. The molecule has 120 valence electrons. The van der Waals surface area contributed by atoms with Gasteiger partial charge in [0.15, 0.2) is 0 Å². The molecule has 5 heteroatoms. The monoisotopic (exact) mass is 293 g/mol. The van der Waals surface area contributed by atoms with Gasteiger partial charge in [-0.3, -0.25) is 0 Å². The lowest BCUT2D eigenvalue weighted by molar-refractivity contribution is 0.616. The lowest BCUT2D eigenvalue weighted by atomic mass is 10.1. The summed E-state index contributed by atoms with van der Waals surface area (Å²) < 4.78 is 0. The van der Waals surface area contributed by atoms with Gasteiger partial charge in [-0.15, -0.1) is 0 Å². The van der Waals surface area contributed by atoms with Gasteiger partial charge in [0, 0.05) is 18.5 Å². The normalized spacial score (nSPS) is 10.7. The van der Waals surface area contributed by atoms with Crippen LogP contribution in [0.2, 0.25) is 0 Å². The highest BCUT2D eigenvalue weighted by molar-refractivity contribution is 5.56. The zero-order valence-corrected chi connectivity index (χ0v) is 13.8. The molecule has 0 saturated carbocycles. The van der Waals surface area contributed by atoms with Crippen molar-refractivity contribution in [2.24, 2.45) is 5.84 Å². The molecule has 1 rings (SSSR count). The third-order valence-electron chi connectivity index (χ3n) is 3.63. The molecule has 4 N–H and O–H groups in total. The second-order valence-corrected chi connectivity index (χ2v) is 5.55. The summed E-state index contributed by atoms with van der Waals surface area (Å²) in [6, 6.07) is 0. The molecule has 21 heavy (non-hydrogen) atoms. The Morgan fingerprint density at radius 3 is 2.24 bits per heavy atom. The molecule has 0 radical (unpaired) electrons. The van der Waals surface area contributed by atoms with Crippen LogP contribution in [-0.2, 0) is 6.42 Å². The minimum Gasteiger partial charge on any atom is -0.370 e. The van der Waals surface area contributed by atoms with Gasteiger partial charge < -0.3 is 10.7 Å². The van der Waals surface area contributed by atoms with Gasteiger partial charge in [0.25, 0.3) is 0 Å². The van der Waals surface area contributed by atoms with Crippen molar-refractivity contribution >= 4 is 11.6 Å². The van der Waals surface area contributed by atoms with Crippen molar-refractivity contribution in [3.8, 4) is 0 Å². The molecule has 0 bridgehead atoms. The molecule has 0 atom stereocenters. The highest BCUT2D eigenvalue weighted by Crippen LogP contribution is 2.20. The number of aryl methyl sites for hydroxylation is 1. The molecule has 0 aliphatic carbocycles. The van der Waals surface area contributed by atoms with Crippen LogP contribution in [0.5, 0.6) is 0 Å². The van der Waals surface area contributed by atoms with E-state index in [1.165, 1.54) is 38.5 Å². The van der Waals surface area contributed by atoms with Crippen molar-refractivity contribution in [3.63, 3.8) is 0 Å². The fourth-order valence-electron chi connectivity index (χ4n) is 2.32. The van der Waals surface area contributed by atoms with Gasteiger partial charge in [0.05, 0.1) is 0 Å². The minimum absolute atomic E-state index is 0.721. The number of nitrogens with zero attached hydrogens (tertiary/aromatic N) is 2. The minimum atomic E-state index is 0.721. The summed E-state index contributed by atoms with van der Waals surface area (Å²) in [7, 11) is 0. The van der Waals surface area contributed by atoms with E-state index in [-0.39, 0.29) is 0 Å². The number of anilines is 2. The molecule has 0 aliphatic heterocycles. The van der Waals surface area contributed by atoms with Crippen LogP contribution in [0.25, 0.3) is 0 Å². The van der Waals surface area contributed by atoms with Crippen molar-refractivity contribution < 1.29 is 0 Å². The summed E-state index contributed by atoms with van der Waals surface area (Å²) >= 11 is 0. The fraction of sp³-hybridized carbons (Fsp3) is 0.750. The summed E-state index contributed by atoms with van der Waals surface area (Å²) in [5.74, 6) is 8.02. The van der Waals surface area contributed by atoms with Gasteiger partial charge in [0.1, 0.15) is 17.5 Å². The predicted molar refractivity (Wildman–Crippen MR) is 90.4 cm³/mol. The van der Waals surface area contributed by atoms with E-state index < -0.39 is 0 Å². The van der Waals surface area contributed by atoms with E-state index in [9.17, 15) is 0 Å². The number of nitrogens with one attached hydrogen (secondary N) is 2. The maximum Gasteiger partial charge on any atom is 0.148 e. The topological polar surface area (TPSA) is 75.9 Å². The van der Waals surface area contributed by atoms with Gasteiger partial charge in [0.2, 0.25) is 0 Å². The van der Waals surface area contributed by atoms with E-state index in [2.05, 4.69) is 34.6 Å². The van der Waals surface area contributed by atoms with Gasteiger partial charge in [-0.05, 0) is 19.8 Å². The molecule has 1 aromatic rings. The summed E-state index contributed by atoms with van der Waals surface area (Å²) in [5.41, 5.74) is 3.66. The Balaban J connectivity index is 2.47. The standard InChI is InChI=1S/C16H31N5/c1-4-6-7-8-9-10-12-18-15-13(3)16(21-17)20-14(19-15)11-5-2/h4-12,17H2,1-3H3,(H2,18,19,20,21). The zero-order chi connectivity index (χ0) is 15.5. The Morgan fingerprint density at radius 1 is 0.905 bits per heavy atom. The van der Waals surface area contributed by atoms with Crippen molar-refractivity contribution in [2.45, 2.75) is 72.1 Å². The first-order valence-electron chi connectivity index (χ1n) is 8.30. The second kappa shape index (κ2) is 10.4. The van der Waals surface area contributed by atoms with E-state index in [1.807, 2.05) is 6.92 Å². The molecule has 5 nitrogen and oxygen atoms in total. The number of rotatable bonds is 11. The van der Waals surface area contributed by atoms with Crippen LogP contribution in [0, 0.1) is 6.92 Å². The Kier molecular flexibility index (Phi) is 8.74. The maximum absolute atomic E-state index is 5.54. The number of nitrogens with two attached hydrogens (primary N) is 1. The lowest BCUT2D eigenvalue weighted by Crippen LogP contribution is -2.15. The van der Waals surface area contributed by atoms with Gasteiger partial charge in [-0.2, -0.15) is 0 Å². The lowest BCUT2D eigenvalue weighted by Gasteiger charge is -2.13. The van der Waals surface area contributed by atoms with E-state index in [0.717, 1.165) is 42.4 Å². The molecule has 0 aromatic carbocycles. The summed E-state index contributed by atoms with van der Waals surface area (Å²) in [5, 5.41) is 3.43. The number of aromatic nitrogens is 2. The predicted octanol–water partition coefficient (Wildman–Crippen LogP) is 3.80. The Hall–Kier alpha value is -1.36. The molecule has 0 spiro atoms. The van der Waals surface area contributed by atoms with Crippen molar-refractivity contribution in [3.05, 3.63) is 11.4 Å². The zero-order valence-electron chi connectivity index (χ0n) is 13.8. The molecule has 0 aliphatic rings. The first-order chi connectivity index (χ1) is 10.2. The van der Waals surface area contributed by atoms with Crippen LogP contribution < -0.4 is 16.6 Å². The van der Waals surface area contributed by atoms with Gasteiger partial charge >= 0.3 is 0 Å². The summed E-state index contributed by atoms with van der Waals surface area (Å²) in [6.45, 7) is 7.33. The molecule has 0 saturated heterocycles. The van der Waals surface area contributed by atoms with E-state index >= 15 is 0 Å². The smallest absolute Gasteiger partial charge is 0.148 e. The van der Waals surface area contributed by atoms with Crippen LogP contribution in [0.15, 0.2) is 0 Å². The highest BCUT2D eigenvalue weighted by Gasteiger charge is 2.09. The molecule has 1 heterocycles. The van der Waals surface area contributed by atoms with Crippen LogP contribution >= 0.6 is 0 Å². The van der Waals surface area contributed by atoms with Crippen LogP contribution in [0.1, 0.15) is 70.2 Å². The Labute approximate surface area is 129 Å². The average Bonchev–Trinajstić information content (AvgIpc) is 2.49. The highest BCUT2D eigenvalue weighted by atomic mass is 15.3. The number of hydrazine groups is 1. The second-order valence-electron chi connectivity index (χ2n) is 5.55. The molecule has 1 aromatic heterocycles. The number of hydrogen-bond acceptors (Lipinski definition) is 5. The van der Waals surface area contributed by atoms with Crippen molar-refractivity contribution in [2.75, 3.05) is 17.3 Å². The molecule has 0 unspecified atom stereocenters. The largest absolute Gasteiger partial charge is 0.370 e. The van der Waals surface area contributed by atoms with E-state index in [4.69, 9.17) is 5.84 Å². The van der Waals surface area contributed by atoms with Crippen LogP contribution in [0.3, 0.4) is 0 Å². The third-order valence-corrected chi connectivity index (χ3v) is 3.63. The fourth-order valence-corrected chi connectivity index (χ4v) is 2.32. The molecular weight excluding hydrogens is 262 g/mol. The Morgan fingerprint density at radius 2 is 1.57 bits per heavy atom.